The van der Waals surface area contributed by atoms with Gasteiger partial charge in [-0.15, -0.1) is 0 Å². The molecule has 0 saturated carbocycles. The average Bonchev–Trinajstić information content (AvgIpc) is 2.30. The molecule has 0 aromatic rings. The molecule has 7 nitrogen and oxygen atoms in total. The van der Waals surface area contributed by atoms with Gasteiger partial charge in [-0.1, -0.05) is 20.8 Å². The largest absolute Gasteiger partial charge is 0.481 e. The minimum atomic E-state index is -1.05. The molecular formula is C13H23NO6. The average molecular weight is 289 g/mol. The highest BCUT2D eigenvalue weighted by Crippen LogP contribution is 2.15. The van der Waals surface area contributed by atoms with Crippen LogP contribution >= 0.6 is 0 Å². The summed E-state index contributed by atoms with van der Waals surface area (Å²) in [4.78, 5) is 34.3. The summed E-state index contributed by atoms with van der Waals surface area (Å²) in [6, 6.07) is -0.865. The Morgan fingerprint density at radius 3 is 1.90 bits per heavy atom. The molecule has 0 spiro atoms. The number of hydrogen-bond donors (Lipinski definition) is 3. The Bertz CT molecular complexity index is 355. The predicted molar refractivity (Wildman–Crippen MR) is 71.5 cm³/mol. The normalized spacial score (nSPS) is 14.2. The topological polar surface area (TPSA) is 115 Å². The summed E-state index contributed by atoms with van der Waals surface area (Å²) in [5.41, 5.74) is 0. The van der Waals surface area contributed by atoms with Crippen LogP contribution in [0.25, 0.3) is 0 Å². The monoisotopic (exact) mass is 289 g/mol. The maximum atomic E-state index is 11.3. The van der Waals surface area contributed by atoms with E-state index < -0.39 is 29.9 Å². The molecule has 0 aliphatic rings. The van der Waals surface area contributed by atoms with Gasteiger partial charge in [0, 0.05) is 13.1 Å². The van der Waals surface area contributed by atoms with Crippen molar-refractivity contribution >= 4 is 17.9 Å². The van der Waals surface area contributed by atoms with Crippen LogP contribution in [0.15, 0.2) is 0 Å². The van der Waals surface area contributed by atoms with Crippen LogP contribution in [0, 0.1) is 11.8 Å². The Labute approximate surface area is 118 Å². The lowest BCUT2D eigenvalue weighted by Crippen LogP contribution is -2.46. The maximum Gasteiger partial charge on any atom is 0.320 e. The molecule has 0 aromatic heterocycles. The van der Waals surface area contributed by atoms with Crippen LogP contribution in [0.5, 0.6) is 0 Å². The van der Waals surface area contributed by atoms with Crippen molar-refractivity contribution in [3.63, 3.8) is 0 Å². The molecule has 2 atom stereocenters. The molecule has 7 heteroatoms. The first kappa shape index (κ1) is 18.4. The fraction of sp³-hybridized carbons (Fsp3) is 0.769. The van der Waals surface area contributed by atoms with Crippen molar-refractivity contribution in [1.29, 1.82) is 0 Å². The summed E-state index contributed by atoms with van der Waals surface area (Å²) in [7, 11) is 0. The summed E-state index contributed by atoms with van der Waals surface area (Å²) in [6.07, 6.45) is 0.134. The van der Waals surface area contributed by atoms with Gasteiger partial charge in [-0.3, -0.25) is 19.3 Å². The van der Waals surface area contributed by atoms with E-state index in [9.17, 15) is 19.5 Å². The van der Waals surface area contributed by atoms with Crippen molar-refractivity contribution in [2.24, 2.45) is 11.8 Å². The van der Waals surface area contributed by atoms with Crippen molar-refractivity contribution in [1.82, 2.24) is 4.90 Å². The van der Waals surface area contributed by atoms with Crippen LogP contribution in [-0.4, -0.2) is 57.3 Å². The van der Waals surface area contributed by atoms with Crippen molar-refractivity contribution < 1.29 is 29.7 Å². The molecule has 2 unspecified atom stereocenters. The molecule has 20 heavy (non-hydrogen) atoms. The molecule has 0 bridgehead atoms. The minimum absolute atomic E-state index is 0.0201. The lowest BCUT2D eigenvalue weighted by molar-refractivity contribution is -0.148. The van der Waals surface area contributed by atoms with Crippen molar-refractivity contribution in [3.8, 4) is 0 Å². The molecule has 0 radical (unpaired) electrons. The predicted octanol–water partition coefficient (Wildman–Crippen LogP) is 0.983. The third-order valence-corrected chi connectivity index (χ3v) is 2.96. The first-order valence-corrected chi connectivity index (χ1v) is 6.56. The Balaban J connectivity index is 4.97. The third kappa shape index (κ3) is 7.08. The lowest BCUT2D eigenvalue weighted by Gasteiger charge is -2.30. The van der Waals surface area contributed by atoms with E-state index in [0.717, 1.165) is 0 Å². The summed E-state index contributed by atoms with van der Waals surface area (Å²) < 4.78 is 0. The smallest absolute Gasteiger partial charge is 0.320 e. The molecule has 0 heterocycles. The van der Waals surface area contributed by atoms with Gasteiger partial charge in [0.05, 0.1) is 12.3 Å². The summed E-state index contributed by atoms with van der Waals surface area (Å²) >= 11 is 0. The first-order chi connectivity index (χ1) is 9.15. The van der Waals surface area contributed by atoms with Crippen LogP contribution < -0.4 is 0 Å². The van der Waals surface area contributed by atoms with Gasteiger partial charge in [0.25, 0.3) is 0 Å². The number of carbonyl (C=O) groups is 3. The Kier molecular flexibility index (Phi) is 7.83. The number of carboxylic acids is 3. The highest BCUT2D eigenvalue weighted by Gasteiger charge is 2.29. The summed E-state index contributed by atoms with van der Waals surface area (Å²) in [6.45, 7) is 5.26. The van der Waals surface area contributed by atoms with E-state index in [0.29, 0.717) is 6.42 Å². The minimum Gasteiger partial charge on any atom is -0.481 e. The van der Waals surface area contributed by atoms with Crippen molar-refractivity contribution in [2.45, 2.75) is 39.7 Å². The van der Waals surface area contributed by atoms with Gasteiger partial charge in [0.15, 0.2) is 0 Å². The zero-order chi connectivity index (χ0) is 15.9. The fourth-order valence-corrected chi connectivity index (χ4v) is 1.90. The molecule has 0 rings (SSSR count). The second-order valence-corrected chi connectivity index (χ2v) is 5.36. The van der Waals surface area contributed by atoms with E-state index >= 15 is 0 Å². The third-order valence-electron chi connectivity index (χ3n) is 2.96. The number of hydrogen-bond acceptors (Lipinski definition) is 4. The van der Waals surface area contributed by atoms with Crippen LogP contribution in [0.3, 0.4) is 0 Å². The van der Waals surface area contributed by atoms with Gasteiger partial charge >= 0.3 is 17.9 Å². The fourth-order valence-electron chi connectivity index (χ4n) is 1.90. The van der Waals surface area contributed by atoms with Crippen LogP contribution in [0.1, 0.15) is 33.6 Å². The van der Waals surface area contributed by atoms with Gasteiger partial charge in [0.1, 0.15) is 6.04 Å². The quantitative estimate of drug-likeness (QED) is 0.549. The van der Waals surface area contributed by atoms with Crippen LogP contribution in [0.4, 0.5) is 0 Å². The second kappa shape index (κ2) is 8.52. The van der Waals surface area contributed by atoms with Gasteiger partial charge in [-0.2, -0.15) is 0 Å². The Morgan fingerprint density at radius 2 is 1.55 bits per heavy atom. The van der Waals surface area contributed by atoms with Crippen molar-refractivity contribution in [2.75, 3.05) is 13.1 Å². The molecule has 0 aromatic carbocycles. The number of nitrogens with zero attached hydrogens (tertiary/aromatic N) is 1. The molecular weight excluding hydrogens is 266 g/mol. The van der Waals surface area contributed by atoms with E-state index in [1.165, 1.54) is 11.8 Å². The van der Waals surface area contributed by atoms with E-state index in [1.54, 1.807) is 0 Å². The zero-order valence-electron chi connectivity index (χ0n) is 12.1. The molecule has 0 saturated heterocycles. The SMILES string of the molecule is CC(C)CC(C(=O)O)N(CCC(=O)O)CC(C)C(=O)O. The van der Waals surface area contributed by atoms with Gasteiger partial charge in [-0.05, 0) is 12.3 Å². The van der Waals surface area contributed by atoms with Gasteiger partial charge < -0.3 is 15.3 Å². The summed E-state index contributed by atoms with van der Waals surface area (Å²) in [5.74, 6) is -3.76. The summed E-state index contributed by atoms with van der Waals surface area (Å²) in [5, 5.41) is 26.9. The standard InChI is InChI=1S/C13H23NO6/c1-8(2)6-10(13(19)20)14(5-4-11(15)16)7-9(3)12(17)18/h8-10H,4-7H2,1-3H3,(H,15,16)(H,17,18)(H,19,20). The van der Waals surface area contributed by atoms with E-state index in [4.69, 9.17) is 10.2 Å². The molecule has 0 amide bonds. The van der Waals surface area contributed by atoms with Crippen molar-refractivity contribution in [3.05, 3.63) is 0 Å². The second-order valence-electron chi connectivity index (χ2n) is 5.36. The molecule has 3 N–H and O–H groups in total. The van der Waals surface area contributed by atoms with Crippen LogP contribution in [-0.2, 0) is 14.4 Å². The number of carboxylic acid groups (broad SMARTS) is 3. The Hall–Kier alpha value is -1.63. The van der Waals surface area contributed by atoms with Crippen LogP contribution in [0.2, 0.25) is 0 Å². The lowest BCUT2D eigenvalue weighted by atomic mass is 10.0. The van der Waals surface area contributed by atoms with E-state index in [1.807, 2.05) is 13.8 Å². The van der Waals surface area contributed by atoms with E-state index in [2.05, 4.69) is 0 Å². The first-order valence-electron chi connectivity index (χ1n) is 6.56. The molecule has 116 valence electrons. The molecule has 0 aliphatic heterocycles. The zero-order valence-corrected chi connectivity index (χ0v) is 12.1. The number of rotatable bonds is 10. The van der Waals surface area contributed by atoms with E-state index in [-0.39, 0.29) is 25.4 Å². The molecule has 0 fully saturated rings. The number of aliphatic carboxylic acids is 3. The highest BCUT2D eigenvalue weighted by molar-refractivity contribution is 5.74. The Morgan fingerprint density at radius 1 is 1.00 bits per heavy atom. The molecule has 0 aliphatic carbocycles. The maximum absolute atomic E-state index is 11.3. The van der Waals surface area contributed by atoms with Gasteiger partial charge in [-0.25, -0.2) is 0 Å². The van der Waals surface area contributed by atoms with Gasteiger partial charge in [0.2, 0.25) is 0 Å². The highest BCUT2D eigenvalue weighted by atomic mass is 16.4.